The summed E-state index contributed by atoms with van der Waals surface area (Å²) in [7, 11) is 0. The number of phenolic OH excluding ortho intramolecular Hbond substituents is 1. The van der Waals surface area contributed by atoms with Crippen LogP contribution in [0.25, 0.3) is 11.3 Å². The van der Waals surface area contributed by atoms with E-state index in [0.29, 0.717) is 11.3 Å². The first-order chi connectivity index (χ1) is 8.47. The van der Waals surface area contributed by atoms with Crippen molar-refractivity contribution in [3.8, 4) is 17.0 Å². The first kappa shape index (κ1) is 12.2. The molecular formula is C13H14N2O3. The minimum absolute atomic E-state index is 0.0273. The lowest BCUT2D eigenvalue weighted by atomic mass is 9.99. The average Bonchev–Trinajstić information content (AvgIpc) is 2.77. The van der Waals surface area contributed by atoms with Gasteiger partial charge in [-0.25, -0.2) is 4.79 Å². The lowest BCUT2D eigenvalue weighted by Crippen LogP contribution is -1.95. The van der Waals surface area contributed by atoms with Gasteiger partial charge in [0.05, 0.1) is 5.69 Å². The predicted molar refractivity (Wildman–Crippen MR) is 66.7 cm³/mol. The number of phenols is 1. The van der Waals surface area contributed by atoms with E-state index in [0.717, 1.165) is 5.56 Å². The highest BCUT2D eigenvalue weighted by Gasteiger charge is 2.11. The number of aromatic carboxylic acids is 1. The van der Waals surface area contributed by atoms with Gasteiger partial charge in [0.15, 0.2) is 0 Å². The van der Waals surface area contributed by atoms with Crippen LogP contribution in [-0.4, -0.2) is 26.4 Å². The summed E-state index contributed by atoms with van der Waals surface area (Å²) >= 11 is 0. The molecule has 0 bridgehead atoms. The SMILES string of the molecule is CC(C)c1cc(O)cc(-c2cc(C(=O)O)[nH]n2)c1. The standard InChI is InChI=1S/C13H14N2O3/c1-7(2)8-3-9(5-10(16)4-8)11-6-12(13(17)18)15-14-11/h3-7,16H,1-2H3,(H,14,15)(H,17,18). The molecule has 0 amide bonds. The van der Waals surface area contributed by atoms with Crippen molar-refractivity contribution in [1.82, 2.24) is 10.2 Å². The molecule has 5 heteroatoms. The summed E-state index contributed by atoms with van der Waals surface area (Å²) in [4.78, 5) is 10.8. The molecule has 1 aromatic carbocycles. The van der Waals surface area contributed by atoms with Gasteiger partial charge in [-0.3, -0.25) is 5.10 Å². The highest BCUT2D eigenvalue weighted by Crippen LogP contribution is 2.28. The van der Waals surface area contributed by atoms with Crippen LogP contribution in [0.1, 0.15) is 35.8 Å². The first-order valence-electron chi connectivity index (χ1n) is 5.60. The molecule has 0 fully saturated rings. The highest BCUT2D eigenvalue weighted by atomic mass is 16.4. The van der Waals surface area contributed by atoms with Crippen LogP contribution in [0.5, 0.6) is 5.75 Å². The van der Waals surface area contributed by atoms with Gasteiger partial charge < -0.3 is 10.2 Å². The fourth-order valence-electron chi connectivity index (χ4n) is 1.70. The van der Waals surface area contributed by atoms with Crippen LogP contribution < -0.4 is 0 Å². The predicted octanol–water partition coefficient (Wildman–Crippen LogP) is 2.60. The van der Waals surface area contributed by atoms with Crippen molar-refractivity contribution < 1.29 is 15.0 Å². The van der Waals surface area contributed by atoms with Gasteiger partial charge in [-0.05, 0) is 35.7 Å². The first-order valence-corrected chi connectivity index (χ1v) is 5.60. The molecule has 94 valence electrons. The lowest BCUT2D eigenvalue weighted by molar-refractivity contribution is 0.0690. The topological polar surface area (TPSA) is 86.2 Å². The third-order valence-corrected chi connectivity index (χ3v) is 2.71. The lowest BCUT2D eigenvalue weighted by Gasteiger charge is -2.08. The summed E-state index contributed by atoms with van der Waals surface area (Å²) in [5.74, 6) is -0.636. The molecule has 3 N–H and O–H groups in total. The van der Waals surface area contributed by atoms with Crippen molar-refractivity contribution in [2.24, 2.45) is 0 Å². The maximum absolute atomic E-state index is 10.8. The van der Waals surface area contributed by atoms with Crippen LogP contribution in [0.2, 0.25) is 0 Å². The van der Waals surface area contributed by atoms with Gasteiger partial charge in [0.25, 0.3) is 0 Å². The van der Waals surface area contributed by atoms with Crippen LogP contribution in [0.4, 0.5) is 0 Å². The molecule has 2 aromatic rings. The molecule has 2 rings (SSSR count). The van der Waals surface area contributed by atoms with E-state index in [4.69, 9.17) is 5.11 Å². The van der Waals surface area contributed by atoms with E-state index in [2.05, 4.69) is 10.2 Å². The zero-order chi connectivity index (χ0) is 13.3. The molecule has 0 aliphatic rings. The third-order valence-electron chi connectivity index (χ3n) is 2.71. The van der Waals surface area contributed by atoms with E-state index in [1.54, 1.807) is 12.1 Å². The van der Waals surface area contributed by atoms with Crippen LogP contribution in [0, 0.1) is 0 Å². The number of benzene rings is 1. The Hall–Kier alpha value is -2.30. The van der Waals surface area contributed by atoms with Gasteiger partial charge in [0, 0.05) is 5.56 Å². The maximum Gasteiger partial charge on any atom is 0.353 e. The Morgan fingerprint density at radius 3 is 2.56 bits per heavy atom. The Morgan fingerprint density at radius 2 is 2.00 bits per heavy atom. The number of H-pyrrole nitrogens is 1. The Balaban J connectivity index is 2.46. The molecule has 0 saturated heterocycles. The summed E-state index contributed by atoms with van der Waals surface area (Å²) in [5, 5.41) is 24.9. The van der Waals surface area contributed by atoms with Gasteiger partial charge in [-0.15, -0.1) is 0 Å². The number of nitrogens with one attached hydrogen (secondary N) is 1. The van der Waals surface area contributed by atoms with Gasteiger partial charge in [-0.1, -0.05) is 13.8 Å². The molecule has 18 heavy (non-hydrogen) atoms. The monoisotopic (exact) mass is 246 g/mol. The second-order valence-electron chi connectivity index (χ2n) is 4.44. The number of rotatable bonds is 3. The van der Waals surface area contributed by atoms with Crippen molar-refractivity contribution in [2.45, 2.75) is 19.8 Å². The fraction of sp³-hybridized carbons (Fsp3) is 0.231. The number of aromatic nitrogens is 2. The minimum atomic E-state index is -1.06. The number of hydrogen-bond acceptors (Lipinski definition) is 3. The second-order valence-corrected chi connectivity index (χ2v) is 4.44. The fourth-order valence-corrected chi connectivity index (χ4v) is 1.70. The van der Waals surface area contributed by atoms with Crippen molar-refractivity contribution in [2.75, 3.05) is 0 Å². The number of nitrogens with zero attached hydrogens (tertiary/aromatic N) is 1. The molecule has 0 atom stereocenters. The second kappa shape index (κ2) is 4.52. The van der Waals surface area contributed by atoms with Crippen LogP contribution in [-0.2, 0) is 0 Å². The quantitative estimate of drug-likeness (QED) is 0.777. The zero-order valence-corrected chi connectivity index (χ0v) is 10.1. The van der Waals surface area contributed by atoms with Crippen LogP contribution >= 0.6 is 0 Å². The summed E-state index contributed by atoms with van der Waals surface area (Å²) in [6, 6.07) is 6.60. The molecule has 0 radical (unpaired) electrons. The van der Waals surface area contributed by atoms with E-state index >= 15 is 0 Å². The van der Waals surface area contributed by atoms with Gasteiger partial charge in [-0.2, -0.15) is 5.10 Å². The van der Waals surface area contributed by atoms with Crippen molar-refractivity contribution in [3.05, 3.63) is 35.5 Å². The molecule has 0 spiro atoms. The van der Waals surface area contributed by atoms with Crippen molar-refractivity contribution in [1.29, 1.82) is 0 Å². The average molecular weight is 246 g/mol. The van der Waals surface area contributed by atoms with Gasteiger partial charge in [0.1, 0.15) is 11.4 Å². The van der Waals surface area contributed by atoms with Gasteiger partial charge in [0.2, 0.25) is 0 Å². The number of aromatic amines is 1. The molecule has 0 saturated carbocycles. The number of carboxylic acids is 1. The molecule has 1 heterocycles. The number of carboxylic acid groups (broad SMARTS) is 1. The number of carbonyl (C=O) groups is 1. The molecule has 0 aliphatic heterocycles. The normalized spacial score (nSPS) is 10.8. The number of aromatic hydroxyl groups is 1. The minimum Gasteiger partial charge on any atom is -0.508 e. The van der Waals surface area contributed by atoms with Crippen molar-refractivity contribution >= 4 is 5.97 Å². The zero-order valence-electron chi connectivity index (χ0n) is 10.1. The molecule has 0 aliphatic carbocycles. The number of hydrogen-bond donors (Lipinski definition) is 3. The Labute approximate surface area is 104 Å². The molecule has 5 nitrogen and oxygen atoms in total. The Bertz CT molecular complexity index is 588. The smallest absolute Gasteiger partial charge is 0.353 e. The van der Waals surface area contributed by atoms with Gasteiger partial charge >= 0.3 is 5.97 Å². The largest absolute Gasteiger partial charge is 0.508 e. The Kier molecular flexibility index (Phi) is 3.06. The van der Waals surface area contributed by atoms with E-state index in [1.165, 1.54) is 6.07 Å². The van der Waals surface area contributed by atoms with E-state index in [1.807, 2.05) is 19.9 Å². The summed E-state index contributed by atoms with van der Waals surface area (Å²) in [6.07, 6.45) is 0. The molecule has 0 unspecified atom stereocenters. The third kappa shape index (κ3) is 2.34. The summed E-state index contributed by atoms with van der Waals surface area (Å²) in [5.41, 5.74) is 2.21. The van der Waals surface area contributed by atoms with E-state index < -0.39 is 5.97 Å². The Morgan fingerprint density at radius 1 is 1.28 bits per heavy atom. The summed E-state index contributed by atoms with van der Waals surface area (Å²) < 4.78 is 0. The van der Waals surface area contributed by atoms with Crippen LogP contribution in [0.15, 0.2) is 24.3 Å². The summed E-state index contributed by atoms with van der Waals surface area (Å²) in [6.45, 7) is 4.04. The van der Waals surface area contributed by atoms with E-state index in [9.17, 15) is 9.90 Å². The maximum atomic E-state index is 10.8. The van der Waals surface area contributed by atoms with Crippen LogP contribution in [0.3, 0.4) is 0 Å². The molecule has 1 aromatic heterocycles. The van der Waals surface area contributed by atoms with E-state index in [-0.39, 0.29) is 17.4 Å². The van der Waals surface area contributed by atoms with Crippen molar-refractivity contribution in [3.63, 3.8) is 0 Å². The molecular weight excluding hydrogens is 232 g/mol. The highest BCUT2D eigenvalue weighted by molar-refractivity contribution is 5.86.